The number of rotatable bonds is 11. The molecule has 1 heterocycles. The fourth-order valence-electron chi connectivity index (χ4n) is 3.19. The van der Waals surface area contributed by atoms with Gasteiger partial charge < -0.3 is 4.43 Å². The van der Waals surface area contributed by atoms with Crippen LogP contribution >= 0.6 is 0 Å². The van der Waals surface area contributed by atoms with Gasteiger partial charge in [0.1, 0.15) is 0 Å². The lowest BCUT2D eigenvalue weighted by Gasteiger charge is -2.46. The summed E-state index contributed by atoms with van der Waals surface area (Å²) in [7, 11) is -5.30. The third kappa shape index (κ3) is 4.81. The van der Waals surface area contributed by atoms with Gasteiger partial charge in [0.15, 0.2) is 0 Å². The Hall–Kier alpha value is -1.57. The van der Waals surface area contributed by atoms with E-state index in [2.05, 4.69) is 4.43 Å². The van der Waals surface area contributed by atoms with Crippen molar-refractivity contribution in [2.24, 2.45) is 0 Å². The molecule has 258 valence electrons. The quantitative estimate of drug-likeness (QED) is 0.154. The van der Waals surface area contributed by atoms with Gasteiger partial charge in [-0.25, -0.2) is 8.78 Å². The van der Waals surface area contributed by atoms with E-state index in [1.807, 2.05) is 0 Å². The Morgan fingerprint density at radius 1 is 0.326 bits per heavy atom. The fraction of sp³-hybridized carbons (Fsp3) is 1.00. The van der Waals surface area contributed by atoms with Crippen LogP contribution in [0.25, 0.3) is 0 Å². The summed E-state index contributed by atoms with van der Waals surface area (Å²) in [6, 6.07) is -1.34. The second kappa shape index (κ2) is 10.2. The van der Waals surface area contributed by atoms with Crippen LogP contribution in [0.4, 0.5) is 110 Å². The van der Waals surface area contributed by atoms with Crippen molar-refractivity contribution < 1.29 is 114 Å². The van der Waals surface area contributed by atoms with E-state index < -0.39 is 99.1 Å². The van der Waals surface area contributed by atoms with Crippen molar-refractivity contribution >= 4 is 9.04 Å². The topological polar surface area (TPSA) is 9.23 Å². The Morgan fingerprint density at radius 3 is 0.814 bits per heavy atom. The molecular formula is C16H9F25OSi. The van der Waals surface area contributed by atoms with Crippen molar-refractivity contribution in [3.63, 3.8) is 0 Å². The van der Waals surface area contributed by atoms with Crippen LogP contribution in [0.1, 0.15) is 12.8 Å². The van der Waals surface area contributed by atoms with Gasteiger partial charge in [-0.1, -0.05) is 6.42 Å². The van der Waals surface area contributed by atoms with Gasteiger partial charge in [-0.2, -0.15) is 101 Å². The minimum atomic E-state index is -9.57. The van der Waals surface area contributed by atoms with E-state index in [-0.39, 0.29) is 6.42 Å². The predicted molar refractivity (Wildman–Crippen MR) is 87.6 cm³/mol. The molecule has 1 rings (SSSR count). The molecule has 0 N–H and O–H groups in total. The second-order valence-electron chi connectivity index (χ2n) is 8.72. The molecule has 0 spiro atoms. The highest BCUT2D eigenvalue weighted by atomic mass is 28.3. The number of hydrogen-bond donors (Lipinski definition) is 0. The molecule has 27 heteroatoms. The minimum absolute atomic E-state index is 0.274. The molecule has 1 fully saturated rings. The summed E-state index contributed by atoms with van der Waals surface area (Å²) < 4.78 is 340. The fourth-order valence-corrected chi connectivity index (χ4v) is 5.63. The minimum Gasteiger partial charge on any atom is -0.413 e. The average Bonchev–Trinajstić information content (AvgIpc) is 2.82. The second-order valence-corrected chi connectivity index (χ2v) is 11.3. The Balaban J connectivity index is 3.83. The average molecular weight is 720 g/mol. The summed E-state index contributed by atoms with van der Waals surface area (Å²) in [5.41, 5.74) is -6.70. The zero-order chi connectivity index (χ0) is 35.1. The standard InChI is InChI=1S/C16H9F25OSi/c17-5(18,7(21,22)9(25,26)11(29,30)13(33,34)15(37,38)39)6(19,20)8(23,24)10(27,28)12(31,32)14(35,36)16(40,41)43-4-2-1-3-42-43/h43H,1-4H2. The summed E-state index contributed by atoms with van der Waals surface area (Å²) in [5.74, 6) is -91.1. The summed E-state index contributed by atoms with van der Waals surface area (Å²) in [4.78, 5) is 0. The van der Waals surface area contributed by atoms with Gasteiger partial charge in [0.2, 0.25) is 0 Å². The molecule has 0 radical (unpaired) electrons. The molecule has 43 heavy (non-hydrogen) atoms. The lowest BCUT2D eigenvalue weighted by Crippen LogP contribution is -2.78. The predicted octanol–water partition coefficient (Wildman–Crippen LogP) is 8.61. The molecule has 0 aromatic heterocycles. The molecule has 1 atom stereocenters. The summed E-state index contributed by atoms with van der Waals surface area (Å²) in [5, 5.41) is 0. The van der Waals surface area contributed by atoms with E-state index >= 15 is 0 Å². The summed E-state index contributed by atoms with van der Waals surface area (Å²) in [6.07, 6.45) is -9.04. The van der Waals surface area contributed by atoms with Crippen LogP contribution in [0.3, 0.4) is 0 Å². The molecule has 0 aliphatic carbocycles. The molecular weight excluding hydrogens is 711 g/mol. The maximum Gasteiger partial charge on any atom is 0.460 e. The van der Waals surface area contributed by atoms with Crippen molar-refractivity contribution in [1.82, 2.24) is 0 Å². The number of alkyl halides is 25. The van der Waals surface area contributed by atoms with E-state index in [1.54, 1.807) is 0 Å². The van der Waals surface area contributed by atoms with Gasteiger partial charge in [-0.3, -0.25) is 0 Å². The van der Waals surface area contributed by atoms with Crippen molar-refractivity contribution in [3.05, 3.63) is 0 Å². The first-order valence-electron chi connectivity index (χ1n) is 10.2. The Bertz CT molecular complexity index is 1010. The molecule has 0 aromatic carbocycles. The highest BCUT2D eigenvalue weighted by Gasteiger charge is 2.99. The first-order chi connectivity index (χ1) is 18.4. The van der Waals surface area contributed by atoms with Crippen LogP contribution < -0.4 is 0 Å². The van der Waals surface area contributed by atoms with Crippen LogP contribution in [-0.4, -0.2) is 86.6 Å². The Morgan fingerprint density at radius 2 is 0.581 bits per heavy atom. The van der Waals surface area contributed by atoms with Crippen LogP contribution in [0.5, 0.6) is 0 Å². The van der Waals surface area contributed by atoms with Crippen LogP contribution in [0, 0.1) is 0 Å². The molecule has 1 aliphatic heterocycles. The third-order valence-corrected chi connectivity index (χ3v) is 8.65. The van der Waals surface area contributed by atoms with Gasteiger partial charge in [-0.15, -0.1) is 0 Å². The maximum atomic E-state index is 14.0. The highest BCUT2D eigenvalue weighted by molar-refractivity contribution is 6.55. The van der Waals surface area contributed by atoms with E-state index in [0.29, 0.717) is 0 Å². The zero-order valence-electron chi connectivity index (χ0n) is 19.3. The van der Waals surface area contributed by atoms with Gasteiger partial charge in [-0.05, 0) is 12.5 Å². The van der Waals surface area contributed by atoms with E-state index in [1.165, 1.54) is 0 Å². The van der Waals surface area contributed by atoms with Gasteiger partial charge in [0.25, 0.3) is 9.04 Å². The van der Waals surface area contributed by atoms with Crippen LogP contribution in [0.2, 0.25) is 6.04 Å². The van der Waals surface area contributed by atoms with Gasteiger partial charge in [0.05, 0.1) is 0 Å². The van der Waals surface area contributed by atoms with Crippen molar-refractivity contribution in [2.45, 2.75) is 89.8 Å². The largest absolute Gasteiger partial charge is 0.460 e. The third-order valence-electron chi connectivity index (χ3n) is 5.91. The van der Waals surface area contributed by atoms with Gasteiger partial charge >= 0.3 is 70.9 Å². The molecule has 1 unspecified atom stereocenters. The van der Waals surface area contributed by atoms with E-state index in [4.69, 9.17) is 0 Å². The smallest absolute Gasteiger partial charge is 0.413 e. The molecule has 1 nitrogen and oxygen atoms in total. The SMILES string of the molecule is FC(F)(F)C(F)(F)C(F)(F)C(F)(F)C(F)(F)C(F)(F)C(F)(F)C(F)(F)C(F)(F)C(F)(F)C(F)(F)C(F)(F)[SiH]1CCCCO1. The first-order valence-corrected chi connectivity index (χ1v) is 12.1. The molecule has 1 saturated heterocycles. The summed E-state index contributed by atoms with van der Waals surface area (Å²) >= 11 is 0. The van der Waals surface area contributed by atoms with Crippen molar-refractivity contribution in [3.8, 4) is 0 Å². The monoisotopic (exact) mass is 720 g/mol. The van der Waals surface area contributed by atoms with Gasteiger partial charge in [0, 0.05) is 6.61 Å². The van der Waals surface area contributed by atoms with Crippen molar-refractivity contribution in [2.75, 3.05) is 6.61 Å². The first kappa shape index (κ1) is 39.5. The Kier molecular flexibility index (Phi) is 9.37. The summed E-state index contributed by atoms with van der Waals surface area (Å²) in [6.45, 7) is -0.980. The maximum absolute atomic E-state index is 14.0. The lowest BCUT2D eigenvalue weighted by atomic mass is 9.85. The Labute approximate surface area is 221 Å². The highest BCUT2D eigenvalue weighted by Crippen LogP contribution is 2.67. The molecule has 0 amide bonds. The zero-order valence-corrected chi connectivity index (χ0v) is 20.4. The normalized spacial score (nSPS) is 20.4. The number of halogens is 25. The molecule has 0 saturated carbocycles. The van der Waals surface area contributed by atoms with Crippen molar-refractivity contribution in [1.29, 1.82) is 0 Å². The van der Waals surface area contributed by atoms with E-state index in [9.17, 15) is 110 Å². The molecule has 0 bridgehead atoms. The molecule has 0 aromatic rings. The number of hydrogen-bond acceptors (Lipinski definition) is 1. The molecule has 1 aliphatic rings. The van der Waals surface area contributed by atoms with E-state index in [0.717, 1.165) is 0 Å². The lowest BCUT2D eigenvalue weighted by molar-refractivity contribution is -0.481. The van der Waals surface area contributed by atoms with Crippen LogP contribution in [0.15, 0.2) is 0 Å². The van der Waals surface area contributed by atoms with Crippen LogP contribution in [-0.2, 0) is 4.43 Å².